The molecule has 1 amide bonds. The number of hydrogen-bond acceptors (Lipinski definition) is 4. The van der Waals surface area contributed by atoms with Gasteiger partial charge in [0.15, 0.2) is 0 Å². The van der Waals surface area contributed by atoms with E-state index in [0.717, 1.165) is 18.8 Å². The lowest BCUT2D eigenvalue weighted by atomic mass is 10.2. The van der Waals surface area contributed by atoms with Crippen molar-refractivity contribution in [2.24, 2.45) is 0 Å². The Morgan fingerprint density at radius 1 is 1.47 bits per heavy atom. The van der Waals surface area contributed by atoms with Crippen LogP contribution in [0, 0.1) is 0 Å². The van der Waals surface area contributed by atoms with E-state index >= 15 is 0 Å². The van der Waals surface area contributed by atoms with Crippen LogP contribution in [0.2, 0.25) is 0 Å². The molecule has 104 valence electrons. The minimum Gasteiger partial charge on any atom is -0.335 e. The number of nitrogens with zero attached hydrogens (tertiary/aromatic N) is 1. The molecule has 5 heteroatoms. The van der Waals surface area contributed by atoms with Gasteiger partial charge < -0.3 is 10.2 Å². The number of hydrogen-bond donors (Lipinski definition) is 1. The predicted molar refractivity (Wildman–Crippen MR) is 81.6 cm³/mol. The molecule has 0 spiro atoms. The molecule has 2 fully saturated rings. The van der Waals surface area contributed by atoms with E-state index in [-0.39, 0.29) is 0 Å². The lowest BCUT2D eigenvalue weighted by molar-refractivity contribution is -0.132. The molecular weight excluding hydrogens is 276 g/mol. The number of nitrogens with one attached hydrogen (secondary N) is 1. The zero-order chi connectivity index (χ0) is 13.1. The minimum absolute atomic E-state index is 0.328. The highest BCUT2D eigenvalue weighted by Crippen LogP contribution is 2.29. The third-order valence-corrected chi connectivity index (χ3v) is 5.52. The Kier molecular flexibility index (Phi) is 4.45. The summed E-state index contributed by atoms with van der Waals surface area (Å²) in [7, 11) is 0. The Labute approximate surface area is 122 Å². The van der Waals surface area contributed by atoms with Crippen molar-refractivity contribution in [2.75, 3.05) is 18.1 Å². The molecule has 2 heterocycles. The zero-order valence-corrected chi connectivity index (χ0v) is 12.6. The van der Waals surface area contributed by atoms with Gasteiger partial charge in [-0.1, -0.05) is 0 Å². The minimum atomic E-state index is 0.328. The van der Waals surface area contributed by atoms with Crippen molar-refractivity contribution in [3.05, 3.63) is 22.4 Å². The second-order valence-corrected chi connectivity index (χ2v) is 7.24. The van der Waals surface area contributed by atoms with Crippen LogP contribution in [0.25, 0.3) is 0 Å². The highest BCUT2D eigenvalue weighted by atomic mass is 32.2. The van der Waals surface area contributed by atoms with Crippen LogP contribution in [0.5, 0.6) is 0 Å². The quantitative estimate of drug-likeness (QED) is 0.905. The molecular formula is C14H20N2OS2. The topological polar surface area (TPSA) is 32.3 Å². The van der Waals surface area contributed by atoms with Crippen LogP contribution in [0.4, 0.5) is 0 Å². The van der Waals surface area contributed by atoms with Crippen LogP contribution >= 0.6 is 23.1 Å². The van der Waals surface area contributed by atoms with E-state index in [1.165, 1.54) is 24.2 Å². The van der Waals surface area contributed by atoms with Gasteiger partial charge in [-0.05, 0) is 35.2 Å². The summed E-state index contributed by atoms with van der Waals surface area (Å²) >= 11 is 3.66. The highest BCUT2D eigenvalue weighted by molar-refractivity contribution is 7.99. The van der Waals surface area contributed by atoms with Crippen LogP contribution < -0.4 is 5.32 Å². The molecule has 0 bridgehead atoms. The predicted octanol–water partition coefficient (Wildman–Crippen LogP) is 2.33. The Morgan fingerprint density at radius 2 is 2.37 bits per heavy atom. The van der Waals surface area contributed by atoms with Crippen molar-refractivity contribution < 1.29 is 4.79 Å². The molecule has 19 heavy (non-hydrogen) atoms. The van der Waals surface area contributed by atoms with Crippen LogP contribution in [0.3, 0.4) is 0 Å². The number of carbonyl (C=O) groups is 1. The lowest BCUT2D eigenvalue weighted by Crippen LogP contribution is -2.43. The molecule has 1 saturated carbocycles. The fourth-order valence-electron chi connectivity index (χ4n) is 2.47. The van der Waals surface area contributed by atoms with Crippen molar-refractivity contribution >= 4 is 29.0 Å². The Balaban J connectivity index is 1.57. The number of thioether (sulfide) groups is 1. The molecule has 0 unspecified atom stereocenters. The van der Waals surface area contributed by atoms with Gasteiger partial charge in [0.05, 0.1) is 0 Å². The van der Waals surface area contributed by atoms with Crippen molar-refractivity contribution in [2.45, 2.75) is 37.9 Å². The number of thiophene rings is 1. The SMILES string of the molecule is O=C(C[C@@H]1CSCCN1)N(Cc1ccsc1)C1CC1. The fraction of sp³-hybridized carbons (Fsp3) is 0.643. The van der Waals surface area contributed by atoms with E-state index in [4.69, 9.17) is 0 Å². The number of rotatable bonds is 5. The van der Waals surface area contributed by atoms with Crippen molar-refractivity contribution in [3.8, 4) is 0 Å². The second kappa shape index (κ2) is 6.29. The molecule has 0 radical (unpaired) electrons. The smallest absolute Gasteiger partial charge is 0.224 e. The van der Waals surface area contributed by atoms with E-state index < -0.39 is 0 Å². The van der Waals surface area contributed by atoms with E-state index in [9.17, 15) is 4.79 Å². The normalized spacial score (nSPS) is 23.3. The first-order chi connectivity index (χ1) is 9.33. The van der Waals surface area contributed by atoms with Crippen LogP contribution in [-0.2, 0) is 11.3 Å². The van der Waals surface area contributed by atoms with Gasteiger partial charge in [-0.2, -0.15) is 23.1 Å². The third kappa shape index (κ3) is 3.74. The zero-order valence-electron chi connectivity index (χ0n) is 11.0. The van der Waals surface area contributed by atoms with Gasteiger partial charge in [-0.25, -0.2) is 0 Å². The van der Waals surface area contributed by atoms with Crippen LogP contribution in [0.15, 0.2) is 16.8 Å². The molecule has 1 saturated heterocycles. The summed E-state index contributed by atoms with van der Waals surface area (Å²) in [5, 5.41) is 7.69. The van der Waals surface area contributed by atoms with Gasteiger partial charge in [0, 0.05) is 43.1 Å². The molecule has 3 rings (SSSR count). The lowest BCUT2D eigenvalue weighted by Gasteiger charge is -2.27. The Morgan fingerprint density at radius 3 is 3.00 bits per heavy atom. The summed E-state index contributed by atoms with van der Waals surface area (Å²) in [4.78, 5) is 14.6. The molecule has 1 aromatic rings. The molecule has 1 N–H and O–H groups in total. The summed E-state index contributed by atoms with van der Waals surface area (Å²) in [6, 6.07) is 3.00. The maximum Gasteiger partial charge on any atom is 0.224 e. The van der Waals surface area contributed by atoms with Crippen LogP contribution in [-0.4, -0.2) is 40.9 Å². The molecule has 1 aliphatic heterocycles. The molecule has 2 aliphatic rings. The van der Waals surface area contributed by atoms with Gasteiger partial charge in [0.1, 0.15) is 0 Å². The maximum atomic E-state index is 12.5. The summed E-state index contributed by atoms with van der Waals surface area (Å²) < 4.78 is 0. The summed E-state index contributed by atoms with van der Waals surface area (Å²) in [6.07, 6.45) is 3.03. The standard InChI is InChI=1S/C14H20N2OS2/c17-14(7-12-10-19-6-4-15-12)16(13-1-2-13)8-11-3-5-18-9-11/h3,5,9,12-13,15H,1-2,4,6-8,10H2/t12-/m1/s1. The van der Waals surface area contributed by atoms with Crippen molar-refractivity contribution in [1.82, 2.24) is 10.2 Å². The molecule has 1 aliphatic carbocycles. The third-order valence-electron chi connectivity index (χ3n) is 3.66. The van der Waals surface area contributed by atoms with Crippen LogP contribution in [0.1, 0.15) is 24.8 Å². The largest absolute Gasteiger partial charge is 0.335 e. The van der Waals surface area contributed by atoms with E-state index in [2.05, 4.69) is 27.0 Å². The average Bonchev–Trinajstić information content (AvgIpc) is 3.14. The van der Waals surface area contributed by atoms with Gasteiger partial charge in [-0.15, -0.1) is 0 Å². The molecule has 1 aromatic heterocycles. The van der Waals surface area contributed by atoms with E-state index in [1.54, 1.807) is 11.3 Å². The number of carbonyl (C=O) groups excluding carboxylic acids is 1. The molecule has 0 aromatic carbocycles. The number of amides is 1. The summed E-state index contributed by atoms with van der Waals surface area (Å²) in [5.41, 5.74) is 1.27. The second-order valence-electron chi connectivity index (χ2n) is 5.31. The Bertz CT molecular complexity index is 411. The van der Waals surface area contributed by atoms with Gasteiger partial charge in [0.2, 0.25) is 5.91 Å². The van der Waals surface area contributed by atoms with Gasteiger partial charge in [-0.3, -0.25) is 4.79 Å². The first-order valence-electron chi connectivity index (χ1n) is 6.94. The highest BCUT2D eigenvalue weighted by Gasteiger charge is 2.33. The Hall–Kier alpha value is -0.520. The monoisotopic (exact) mass is 296 g/mol. The van der Waals surface area contributed by atoms with Crippen molar-refractivity contribution in [3.63, 3.8) is 0 Å². The first-order valence-corrected chi connectivity index (χ1v) is 9.04. The summed E-state index contributed by atoms with van der Waals surface area (Å²) in [6.45, 7) is 1.84. The van der Waals surface area contributed by atoms with E-state index in [0.29, 0.717) is 24.4 Å². The maximum absolute atomic E-state index is 12.5. The average molecular weight is 296 g/mol. The van der Waals surface area contributed by atoms with E-state index in [1.807, 2.05) is 11.8 Å². The molecule has 3 nitrogen and oxygen atoms in total. The first kappa shape index (κ1) is 13.5. The fourth-order valence-corrected chi connectivity index (χ4v) is 4.07. The van der Waals surface area contributed by atoms with Crippen molar-refractivity contribution in [1.29, 1.82) is 0 Å². The summed E-state index contributed by atoms with van der Waals surface area (Å²) in [5.74, 6) is 2.57. The van der Waals surface area contributed by atoms with Gasteiger partial charge >= 0.3 is 0 Å². The van der Waals surface area contributed by atoms with Gasteiger partial charge in [0.25, 0.3) is 0 Å². The molecule has 1 atom stereocenters.